The van der Waals surface area contributed by atoms with E-state index in [1.165, 1.54) is 52.4 Å². The number of carbonyl (C=O) groups is 2. The van der Waals surface area contributed by atoms with Crippen molar-refractivity contribution in [2.75, 3.05) is 0 Å². The van der Waals surface area contributed by atoms with Crippen molar-refractivity contribution in [2.45, 2.75) is 45.1 Å². The van der Waals surface area contributed by atoms with Crippen LogP contribution in [0.4, 0.5) is 0 Å². The van der Waals surface area contributed by atoms with Crippen LogP contribution in [0.3, 0.4) is 0 Å². The highest BCUT2D eigenvalue weighted by Crippen LogP contribution is 2.60. The lowest BCUT2D eigenvalue weighted by atomic mass is 9.49. The molecule has 5 aliphatic rings. The highest BCUT2D eigenvalue weighted by molar-refractivity contribution is 8.26. The van der Waals surface area contributed by atoms with Crippen molar-refractivity contribution in [3.8, 4) is 0 Å². The molecule has 2 heterocycles. The van der Waals surface area contributed by atoms with Crippen molar-refractivity contribution in [3.63, 3.8) is 0 Å². The number of benzene rings is 3. The average molecular weight is 578 g/mol. The molecule has 0 spiro atoms. The second-order valence-electron chi connectivity index (χ2n) is 12.6. The van der Waals surface area contributed by atoms with Crippen LogP contribution in [0, 0.1) is 23.2 Å². The maximum absolute atomic E-state index is 13.6. The third kappa shape index (κ3) is 4.32. The molecule has 1 aliphatic heterocycles. The van der Waals surface area contributed by atoms with Gasteiger partial charge in [0.2, 0.25) is 5.91 Å². The van der Waals surface area contributed by atoms with Gasteiger partial charge in [-0.05, 0) is 103 Å². The third-order valence-corrected chi connectivity index (χ3v) is 11.1. The standard InChI is InChI=1S/C34H31N3O2S2/c38-31-30(41-33(40)37(31)35-32(39)34-16-22-11-23(17-34)13-24(12-22)18-34)15-27-20-36(29-8-4-3-7-28(27)29)19-21-9-10-25-5-1-2-6-26(25)14-21/h1-10,14-15,20,22-24H,11-13,16-19H2,(H,35,39)/b30-15-. The first-order valence-electron chi connectivity index (χ1n) is 14.6. The van der Waals surface area contributed by atoms with E-state index in [1.807, 2.05) is 18.2 Å². The van der Waals surface area contributed by atoms with Gasteiger partial charge in [-0.25, -0.2) is 0 Å². The lowest BCUT2D eigenvalue weighted by molar-refractivity contribution is -0.152. The fourth-order valence-corrected chi connectivity index (χ4v) is 9.54. The first-order valence-corrected chi connectivity index (χ1v) is 15.8. The second-order valence-corrected chi connectivity index (χ2v) is 14.2. The van der Waals surface area contributed by atoms with Gasteiger partial charge in [-0.2, -0.15) is 5.01 Å². The predicted molar refractivity (Wildman–Crippen MR) is 169 cm³/mol. The average Bonchev–Trinajstić information content (AvgIpc) is 3.43. The zero-order chi connectivity index (χ0) is 27.7. The van der Waals surface area contributed by atoms with Gasteiger partial charge in [0.25, 0.3) is 5.91 Å². The number of hydrazine groups is 1. The Morgan fingerprint density at radius 2 is 1.63 bits per heavy atom. The minimum absolute atomic E-state index is 0.0128. The van der Waals surface area contributed by atoms with Gasteiger partial charge in [0.1, 0.15) is 0 Å². The number of carbonyl (C=O) groups excluding carboxylic acids is 2. The Morgan fingerprint density at radius 1 is 0.951 bits per heavy atom. The molecule has 9 rings (SSSR count). The number of thioether (sulfide) groups is 1. The van der Waals surface area contributed by atoms with Crippen LogP contribution >= 0.6 is 24.0 Å². The molecule has 0 atom stereocenters. The van der Waals surface area contributed by atoms with Crippen molar-refractivity contribution >= 4 is 67.9 Å². The van der Waals surface area contributed by atoms with E-state index in [1.54, 1.807) is 0 Å². The molecule has 41 heavy (non-hydrogen) atoms. The summed E-state index contributed by atoms with van der Waals surface area (Å²) in [4.78, 5) is 27.8. The van der Waals surface area contributed by atoms with Gasteiger partial charge >= 0.3 is 0 Å². The minimum atomic E-state index is -0.335. The zero-order valence-electron chi connectivity index (χ0n) is 22.7. The number of para-hydroxylation sites is 1. The number of thiocarbonyl (C=S) groups is 1. The molecular weight excluding hydrogens is 547 g/mol. The van der Waals surface area contributed by atoms with E-state index >= 15 is 0 Å². The van der Waals surface area contributed by atoms with E-state index in [4.69, 9.17) is 12.2 Å². The molecule has 5 fully saturated rings. The molecule has 1 saturated heterocycles. The summed E-state index contributed by atoms with van der Waals surface area (Å²) in [7, 11) is 0. The van der Waals surface area contributed by atoms with E-state index in [9.17, 15) is 9.59 Å². The van der Waals surface area contributed by atoms with Crippen molar-refractivity contribution in [1.29, 1.82) is 0 Å². The van der Waals surface area contributed by atoms with E-state index in [-0.39, 0.29) is 17.2 Å². The Bertz CT molecular complexity index is 1750. The van der Waals surface area contributed by atoms with Crippen LogP contribution in [-0.2, 0) is 16.1 Å². The van der Waals surface area contributed by atoms with Crippen molar-refractivity contribution < 1.29 is 9.59 Å². The molecule has 3 aromatic carbocycles. The van der Waals surface area contributed by atoms with Crippen LogP contribution in [0.2, 0.25) is 0 Å². The van der Waals surface area contributed by atoms with Crippen LogP contribution in [0.1, 0.15) is 49.7 Å². The smallest absolute Gasteiger partial charge is 0.285 e. The molecule has 4 bridgehead atoms. The van der Waals surface area contributed by atoms with Crippen LogP contribution < -0.4 is 5.43 Å². The molecule has 0 unspecified atom stereocenters. The molecule has 206 valence electrons. The number of hydrogen-bond acceptors (Lipinski definition) is 4. The van der Waals surface area contributed by atoms with Gasteiger partial charge in [0.15, 0.2) is 4.32 Å². The van der Waals surface area contributed by atoms with E-state index < -0.39 is 0 Å². The highest BCUT2D eigenvalue weighted by Gasteiger charge is 2.55. The summed E-state index contributed by atoms with van der Waals surface area (Å²) in [5.41, 5.74) is 5.94. The van der Waals surface area contributed by atoms with Crippen molar-refractivity contribution in [2.24, 2.45) is 23.2 Å². The first-order chi connectivity index (χ1) is 19.9. The fourth-order valence-electron chi connectivity index (χ4n) is 8.37. The summed E-state index contributed by atoms with van der Waals surface area (Å²) in [6.07, 6.45) is 10.7. The Morgan fingerprint density at radius 3 is 2.39 bits per heavy atom. The quantitative estimate of drug-likeness (QED) is 0.200. The summed E-state index contributed by atoms with van der Waals surface area (Å²) in [5, 5.41) is 4.85. The maximum Gasteiger partial charge on any atom is 0.285 e. The van der Waals surface area contributed by atoms with E-state index in [0.29, 0.717) is 27.0 Å². The van der Waals surface area contributed by atoms with Crippen LogP contribution in [0.5, 0.6) is 0 Å². The number of nitrogens with zero attached hydrogens (tertiary/aromatic N) is 2. The topological polar surface area (TPSA) is 54.3 Å². The number of fused-ring (bicyclic) bond motifs is 2. The SMILES string of the molecule is O=C1/C(=C/c2cn(Cc3ccc4ccccc4c3)c3ccccc23)SC(=S)N1NC(=O)C12CC3CC(CC(C3)C1)C2. The van der Waals surface area contributed by atoms with Crippen LogP contribution in [-0.4, -0.2) is 25.7 Å². The molecule has 5 nitrogen and oxygen atoms in total. The van der Waals surface area contributed by atoms with Crippen molar-refractivity contribution in [3.05, 3.63) is 89.0 Å². The lowest BCUT2D eigenvalue weighted by Gasteiger charge is -2.55. The van der Waals surface area contributed by atoms with Gasteiger partial charge in [0, 0.05) is 29.2 Å². The summed E-state index contributed by atoms with van der Waals surface area (Å²) in [5.74, 6) is 1.71. The number of hydrogen-bond donors (Lipinski definition) is 1. The van der Waals surface area contributed by atoms with E-state index in [2.05, 4.69) is 70.8 Å². The summed E-state index contributed by atoms with van der Waals surface area (Å²) >= 11 is 6.87. The molecular formula is C34H31N3O2S2. The predicted octanol–water partition coefficient (Wildman–Crippen LogP) is 7.29. The first kappa shape index (κ1) is 25.3. The van der Waals surface area contributed by atoms with Gasteiger partial charge in [-0.15, -0.1) is 0 Å². The Kier molecular flexibility index (Phi) is 5.90. The Balaban J connectivity index is 1.06. The minimum Gasteiger partial charge on any atom is -0.342 e. The van der Waals surface area contributed by atoms with Crippen molar-refractivity contribution in [1.82, 2.24) is 15.0 Å². The number of amides is 2. The molecule has 4 aliphatic carbocycles. The van der Waals surface area contributed by atoms with Gasteiger partial charge < -0.3 is 4.57 Å². The monoisotopic (exact) mass is 577 g/mol. The third-order valence-electron chi connectivity index (χ3n) is 9.80. The van der Waals surface area contributed by atoms with Gasteiger partial charge in [-0.1, -0.05) is 66.4 Å². The molecule has 1 N–H and O–H groups in total. The van der Waals surface area contributed by atoms with E-state index in [0.717, 1.165) is 42.3 Å². The lowest BCUT2D eigenvalue weighted by Crippen LogP contribution is -2.57. The molecule has 4 aromatic rings. The molecule has 4 saturated carbocycles. The van der Waals surface area contributed by atoms with Gasteiger partial charge in [0.05, 0.1) is 10.3 Å². The number of aromatic nitrogens is 1. The van der Waals surface area contributed by atoms with Gasteiger partial charge in [-0.3, -0.25) is 15.0 Å². The zero-order valence-corrected chi connectivity index (χ0v) is 24.3. The summed E-state index contributed by atoms with van der Waals surface area (Å²) < 4.78 is 2.63. The Hall–Kier alpha value is -3.42. The molecule has 2 amide bonds. The number of rotatable bonds is 5. The van der Waals surface area contributed by atoms with Crippen LogP contribution in [0.15, 0.2) is 77.8 Å². The summed E-state index contributed by atoms with van der Waals surface area (Å²) in [6.45, 7) is 0.723. The number of nitrogens with one attached hydrogen (secondary N) is 1. The van der Waals surface area contributed by atoms with Crippen LogP contribution in [0.25, 0.3) is 27.8 Å². The molecule has 7 heteroatoms. The largest absolute Gasteiger partial charge is 0.342 e. The summed E-state index contributed by atoms with van der Waals surface area (Å²) in [6, 6.07) is 23.3. The Labute approximate surface area is 248 Å². The molecule has 0 radical (unpaired) electrons. The fraction of sp³-hybridized carbons (Fsp3) is 0.324. The maximum atomic E-state index is 13.6. The second kappa shape index (κ2) is 9.57. The highest BCUT2D eigenvalue weighted by atomic mass is 32.2. The normalized spacial score (nSPS) is 28.0. The molecule has 1 aromatic heterocycles.